The summed E-state index contributed by atoms with van der Waals surface area (Å²) in [4.78, 5) is 2.79. The Morgan fingerprint density at radius 1 is 0.324 bits per heavy atom. The van der Waals surface area contributed by atoms with Gasteiger partial charge in [0, 0.05) is 0 Å². The first-order chi connectivity index (χ1) is 16.8. The molecule has 0 saturated carbocycles. The number of hydrogen-bond acceptors (Lipinski definition) is 2. The van der Waals surface area contributed by atoms with Crippen LogP contribution in [0.15, 0.2) is 0 Å². The summed E-state index contributed by atoms with van der Waals surface area (Å²) in [5.41, 5.74) is 5.34. The summed E-state index contributed by atoms with van der Waals surface area (Å²) in [6.07, 6.45) is 33.8. The Bertz CT molecular complexity index is 274. The third-order valence-corrected chi connectivity index (χ3v) is 7.04. The van der Waals surface area contributed by atoms with Crippen LogP contribution in [-0.4, -0.2) is 31.1 Å². The van der Waals surface area contributed by atoms with Crippen LogP contribution in [0.4, 0.5) is 0 Å². The van der Waals surface area contributed by atoms with E-state index in [2.05, 4.69) is 32.6 Å². The minimum atomic E-state index is 0.867. The highest BCUT2D eigenvalue weighted by molar-refractivity contribution is 4.60. The van der Waals surface area contributed by atoms with Gasteiger partial charge in [0.1, 0.15) is 0 Å². The standard InChI is InChI=1S/C24H51N.C8H19N/c1-4-7-10-13-16-19-22-25(23-20-17-14-11-8-5-2)24-21-18-15-12-9-6-3;1-2-3-4-5-6-7-8-9/h4-24H2,1-3H3;2-9H2,1H3. The van der Waals surface area contributed by atoms with Crippen LogP contribution in [0.5, 0.6) is 0 Å². The third kappa shape index (κ3) is 34.1. The zero-order chi connectivity index (χ0) is 25.4. The highest BCUT2D eigenvalue weighted by atomic mass is 15.1. The quantitative estimate of drug-likeness (QED) is 0.118. The fraction of sp³-hybridized carbons (Fsp3) is 1.00. The molecular weight excluding hydrogens is 412 g/mol. The normalized spacial score (nSPS) is 11.1. The second-order valence-electron chi connectivity index (χ2n) is 10.7. The van der Waals surface area contributed by atoms with Gasteiger partial charge in [-0.1, -0.05) is 156 Å². The molecule has 0 saturated heterocycles. The largest absolute Gasteiger partial charge is 0.330 e. The van der Waals surface area contributed by atoms with Crippen LogP contribution in [0.1, 0.15) is 182 Å². The van der Waals surface area contributed by atoms with Gasteiger partial charge in [0.2, 0.25) is 0 Å². The molecule has 2 heteroatoms. The molecule has 2 nitrogen and oxygen atoms in total. The van der Waals surface area contributed by atoms with Gasteiger partial charge in [-0.2, -0.15) is 0 Å². The van der Waals surface area contributed by atoms with Gasteiger partial charge in [-0.15, -0.1) is 0 Å². The van der Waals surface area contributed by atoms with E-state index in [1.54, 1.807) is 0 Å². The number of nitrogens with two attached hydrogens (primary N) is 1. The molecule has 34 heavy (non-hydrogen) atoms. The molecule has 0 rings (SSSR count). The summed E-state index contributed by atoms with van der Waals surface area (Å²) in [5.74, 6) is 0. The second-order valence-corrected chi connectivity index (χ2v) is 10.7. The van der Waals surface area contributed by atoms with Gasteiger partial charge in [0.05, 0.1) is 0 Å². The fourth-order valence-corrected chi connectivity index (χ4v) is 4.61. The van der Waals surface area contributed by atoms with Gasteiger partial charge in [0.25, 0.3) is 0 Å². The van der Waals surface area contributed by atoms with Gasteiger partial charge in [-0.3, -0.25) is 0 Å². The summed E-state index contributed by atoms with van der Waals surface area (Å²) >= 11 is 0. The molecule has 208 valence electrons. The average molecular weight is 483 g/mol. The lowest BCUT2D eigenvalue weighted by molar-refractivity contribution is 0.254. The molecule has 0 aromatic heterocycles. The first kappa shape index (κ1) is 36.1. The van der Waals surface area contributed by atoms with E-state index in [-0.39, 0.29) is 0 Å². The Morgan fingerprint density at radius 3 is 0.824 bits per heavy atom. The molecule has 0 aliphatic rings. The van der Waals surface area contributed by atoms with Crippen LogP contribution in [0.2, 0.25) is 0 Å². The maximum atomic E-state index is 5.34. The van der Waals surface area contributed by atoms with Crippen LogP contribution in [-0.2, 0) is 0 Å². The van der Waals surface area contributed by atoms with Gasteiger partial charge in [-0.25, -0.2) is 0 Å². The van der Waals surface area contributed by atoms with Crippen molar-refractivity contribution in [2.75, 3.05) is 26.2 Å². The Kier molecular flexibility index (Phi) is 37.2. The molecule has 0 bridgehead atoms. The van der Waals surface area contributed by atoms with Crippen molar-refractivity contribution in [1.82, 2.24) is 4.90 Å². The Labute approximate surface area is 218 Å². The van der Waals surface area contributed by atoms with E-state index in [4.69, 9.17) is 5.73 Å². The van der Waals surface area contributed by atoms with Gasteiger partial charge in [0.15, 0.2) is 0 Å². The monoisotopic (exact) mass is 483 g/mol. The van der Waals surface area contributed by atoms with Crippen LogP contribution >= 0.6 is 0 Å². The van der Waals surface area contributed by atoms with E-state index in [0.717, 1.165) is 6.54 Å². The SMILES string of the molecule is CCCCCCCCN.CCCCCCCCN(CCCCCCCC)CCCCCCCC. The topological polar surface area (TPSA) is 29.3 Å². The minimum absolute atomic E-state index is 0.867. The summed E-state index contributed by atoms with van der Waals surface area (Å²) < 4.78 is 0. The molecule has 0 amide bonds. The van der Waals surface area contributed by atoms with Crippen molar-refractivity contribution in [3.63, 3.8) is 0 Å². The highest BCUT2D eigenvalue weighted by Gasteiger charge is 2.05. The second kappa shape index (κ2) is 35.1. The van der Waals surface area contributed by atoms with Crippen LogP contribution in [0, 0.1) is 0 Å². The van der Waals surface area contributed by atoms with Crippen molar-refractivity contribution in [3.8, 4) is 0 Å². The number of unbranched alkanes of at least 4 members (excludes halogenated alkanes) is 20. The Balaban J connectivity index is 0. The molecular formula is C32H70N2. The molecule has 0 heterocycles. The highest BCUT2D eigenvalue weighted by Crippen LogP contribution is 2.11. The molecule has 0 unspecified atom stereocenters. The van der Waals surface area contributed by atoms with E-state index in [0.29, 0.717) is 0 Å². The number of hydrogen-bond donors (Lipinski definition) is 1. The van der Waals surface area contributed by atoms with E-state index in [1.807, 2.05) is 0 Å². The maximum Gasteiger partial charge on any atom is -0.00187 e. The van der Waals surface area contributed by atoms with E-state index >= 15 is 0 Å². The van der Waals surface area contributed by atoms with Crippen molar-refractivity contribution >= 4 is 0 Å². The van der Waals surface area contributed by atoms with Crippen molar-refractivity contribution in [3.05, 3.63) is 0 Å². The molecule has 0 aromatic carbocycles. The summed E-state index contributed by atoms with van der Waals surface area (Å²) in [7, 11) is 0. The van der Waals surface area contributed by atoms with Crippen LogP contribution in [0.3, 0.4) is 0 Å². The molecule has 0 radical (unpaired) electrons. The molecule has 2 N–H and O–H groups in total. The lowest BCUT2D eigenvalue weighted by atomic mass is 10.1. The molecule has 0 aliphatic heterocycles. The molecule has 0 fully saturated rings. The molecule has 0 spiro atoms. The van der Waals surface area contributed by atoms with Crippen molar-refractivity contribution < 1.29 is 0 Å². The lowest BCUT2D eigenvalue weighted by Gasteiger charge is -2.22. The Hall–Kier alpha value is -0.0800. The van der Waals surface area contributed by atoms with Crippen molar-refractivity contribution in [1.29, 1.82) is 0 Å². The number of rotatable bonds is 27. The summed E-state index contributed by atoms with van der Waals surface area (Å²) in [5, 5.41) is 0. The zero-order valence-electron chi connectivity index (χ0n) is 24.8. The summed E-state index contributed by atoms with van der Waals surface area (Å²) in [6.45, 7) is 14.1. The first-order valence-electron chi connectivity index (χ1n) is 16.2. The summed E-state index contributed by atoms with van der Waals surface area (Å²) in [6, 6.07) is 0. The predicted octanol–water partition coefficient (Wildman–Crippen LogP) is 10.7. The zero-order valence-corrected chi connectivity index (χ0v) is 24.8. The lowest BCUT2D eigenvalue weighted by Crippen LogP contribution is -2.27. The van der Waals surface area contributed by atoms with Crippen LogP contribution < -0.4 is 5.73 Å². The van der Waals surface area contributed by atoms with E-state index < -0.39 is 0 Å². The molecule has 0 aliphatic carbocycles. The first-order valence-corrected chi connectivity index (χ1v) is 16.2. The maximum absolute atomic E-state index is 5.34. The van der Waals surface area contributed by atoms with E-state index in [9.17, 15) is 0 Å². The smallest absolute Gasteiger partial charge is 0.00187 e. The predicted molar refractivity (Wildman–Crippen MR) is 159 cm³/mol. The van der Waals surface area contributed by atoms with Crippen molar-refractivity contribution in [2.45, 2.75) is 182 Å². The number of nitrogens with zero attached hydrogens (tertiary/aromatic N) is 1. The molecule has 0 aromatic rings. The van der Waals surface area contributed by atoms with Gasteiger partial charge >= 0.3 is 0 Å². The molecule has 0 atom stereocenters. The average Bonchev–Trinajstić information content (AvgIpc) is 2.85. The van der Waals surface area contributed by atoms with E-state index in [1.165, 1.54) is 174 Å². The minimum Gasteiger partial charge on any atom is -0.330 e. The van der Waals surface area contributed by atoms with Gasteiger partial charge in [-0.05, 0) is 51.9 Å². The fourth-order valence-electron chi connectivity index (χ4n) is 4.61. The third-order valence-electron chi connectivity index (χ3n) is 7.04. The van der Waals surface area contributed by atoms with Crippen molar-refractivity contribution in [2.24, 2.45) is 5.73 Å². The van der Waals surface area contributed by atoms with Gasteiger partial charge < -0.3 is 10.6 Å². The Morgan fingerprint density at radius 2 is 0.559 bits per heavy atom. The van der Waals surface area contributed by atoms with Crippen LogP contribution in [0.25, 0.3) is 0 Å².